The summed E-state index contributed by atoms with van der Waals surface area (Å²) < 4.78 is 5.46. The van der Waals surface area contributed by atoms with E-state index in [4.69, 9.17) is 4.52 Å². The maximum absolute atomic E-state index is 12.4. The molecule has 0 spiro atoms. The van der Waals surface area contributed by atoms with Crippen LogP contribution in [0.1, 0.15) is 70.0 Å². The lowest BCUT2D eigenvalue weighted by molar-refractivity contribution is -0.122. The highest BCUT2D eigenvalue weighted by atomic mass is 16.5. The average molecular weight is 497 g/mol. The van der Waals surface area contributed by atoms with Gasteiger partial charge in [0, 0.05) is 58.2 Å². The minimum Gasteiger partial charge on any atom is -0.369 e. The molecule has 0 unspecified atom stereocenters. The van der Waals surface area contributed by atoms with E-state index in [-0.39, 0.29) is 11.8 Å². The molecule has 36 heavy (non-hydrogen) atoms. The standard InChI is InChI=1S/C27H40N6O3/c1-22(34)30-27(14-7-2-3-8-15-27)26-29-25(36-31-26)13-12-24(35)28-16-9-17-32-18-20-33(21-19-32)23-10-5-4-6-11-23/h4-6,10-11H,2-3,7-9,12-21H2,1H3,(H,28,35)(H,30,34). The lowest BCUT2D eigenvalue weighted by Crippen LogP contribution is -2.47. The zero-order chi connectivity index (χ0) is 25.2. The summed E-state index contributed by atoms with van der Waals surface area (Å²) >= 11 is 0. The topological polar surface area (TPSA) is 104 Å². The molecule has 4 rings (SSSR count). The molecule has 196 valence electrons. The Morgan fingerprint density at radius 1 is 1.03 bits per heavy atom. The molecule has 9 heteroatoms. The van der Waals surface area contributed by atoms with Crippen molar-refractivity contribution in [3.8, 4) is 0 Å². The Hall–Kier alpha value is -2.94. The van der Waals surface area contributed by atoms with E-state index >= 15 is 0 Å². The first-order chi connectivity index (χ1) is 17.5. The summed E-state index contributed by atoms with van der Waals surface area (Å²) in [5.41, 5.74) is 0.733. The quantitative estimate of drug-likeness (QED) is 0.385. The molecule has 2 aliphatic rings. The molecule has 2 N–H and O–H groups in total. The van der Waals surface area contributed by atoms with E-state index in [9.17, 15) is 9.59 Å². The van der Waals surface area contributed by atoms with Gasteiger partial charge in [-0.15, -0.1) is 0 Å². The van der Waals surface area contributed by atoms with E-state index < -0.39 is 5.54 Å². The first-order valence-electron chi connectivity index (χ1n) is 13.4. The molecular formula is C27H40N6O3. The zero-order valence-corrected chi connectivity index (χ0v) is 21.5. The van der Waals surface area contributed by atoms with Gasteiger partial charge in [-0.05, 0) is 37.9 Å². The monoisotopic (exact) mass is 496 g/mol. The van der Waals surface area contributed by atoms with Crippen LogP contribution in [0.4, 0.5) is 5.69 Å². The number of piperazine rings is 1. The van der Waals surface area contributed by atoms with Crippen LogP contribution < -0.4 is 15.5 Å². The Morgan fingerprint density at radius 3 is 2.44 bits per heavy atom. The van der Waals surface area contributed by atoms with Crippen LogP contribution in [0.25, 0.3) is 0 Å². The average Bonchev–Trinajstić information content (AvgIpc) is 3.26. The predicted octanol–water partition coefficient (Wildman–Crippen LogP) is 3.02. The van der Waals surface area contributed by atoms with E-state index in [2.05, 4.69) is 60.9 Å². The van der Waals surface area contributed by atoms with Crippen LogP contribution in [-0.2, 0) is 21.5 Å². The first-order valence-corrected chi connectivity index (χ1v) is 13.4. The van der Waals surface area contributed by atoms with E-state index in [1.165, 1.54) is 12.6 Å². The number of anilines is 1. The van der Waals surface area contributed by atoms with Crippen LogP contribution in [0, 0.1) is 0 Å². The molecule has 1 aliphatic carbocycles. The Kier molecular flexibility index (Phi) is 9.33. The summed E-state index contributed by atoms with van der Waals surface area (Å²) in [5.74, 6) is 0.906. The van der Waals surface area contributed by atoms with Gasteiger partial charge in [-0.1, -0.05) is 49.0 Å². The van der Waals surface area contributed by atoms with Crippen molar-refractivity contribution in [1.29, 1.82) is 0 Å². The smallest absolute Gasteiger partial charge is 0.227 e. The summed E-state index contributed by atoms with van der Waals surface area (Å²) in [6.45, 7) is 7.34. The van der Waals surface area contributed by atoms with E-state index in [1.807, 2.05) is 0 Å². The lowest BCUT2D eigenvalue weighted by Gasteiger charge is -2.36. The summed E-state index contributed by atoms with van der Waals surface area (Å²) in [4.78, 5) is 33.7. The van der Waals surface area contributed by atoms with Crippen LogP contribution in [0.5, 0.6) is 0 Å². The van der Waals surface area contributed by atoms with Gasteiger partial charge >= 0.3 is 0 Å². The van der Waals surface area contributed by atoms with Gasteiger partial charge in [0.25, 0.3) is 0 Å². The molecule has 2 heterocycles. The van der Waals surface area contributed by atoms with Gasteiger partial charge < -0.3 is 20.1 Å². The second-order valence-corrected chi connectivity index (χ2v) is 10.1. The van der Waals surface area contributed by atoms with Crippen LogP contribution in [0.3, 0.4) is 0 Å². The number of carbonyl (C=O) groups is 2. The maximum Gasteiger partial charge on any atom is 0.227 e. The molecule has 0 radical (unpaired) electrons. The Morgan fingerprint density at radius 2 is 1.75 bits per heavy atom. The number of rotatable bonds is 10. The number of aromatic nitrogens is 2. The Bertz CT molecular complexity index is 963. The molecule has 9 nitrogen and oxygen atoms in total. The molecule has 0 atom stereocenters. The maximum atomic E-state index is 12.4. The van der Waals surface area contributed by atoms with Crippen LogP contribution in [-0.4, -0.2) is 66.1 Å². The van der Waals surface area contributed by atoms with Crippen molar-refractivity contribution in [3.05, 3.63) is 42.0 Å². The Labute approximate surface area is 214 Å². The minimum absolute atomic E-state index is 0.00492. The third-order valence-corrected chi connectivity index (χ3v) is 7.30. The normalized spacial score (nSPS) is 18.4. The highest BCUT2D eigenvalue weighted by Crippen LogP contribution is 2.34. The predicted molar refractivity (Wildman–Crippen MR) is 139 cm³/mol. The fraction of sp³-hybridized carbons (Fsp3) is 0.630. The summed E-state index contributed by atoms with van der Waals surface area (Å²) in [6.07, 6.45) is 7.61. The van der Waals surface area contributed by atoms with Crippen molar-refractivity contribution < 1.29 is 14.1 Å². The van der Waals surface area contributed by atoms with Crippen LogP contribution in [0.2, 0.25) is 0 Å². The van der Waals surface area contributed by atoms with Crippen molar-refractivity contribution in [3.63, 3.8) is 0 Å². The number of hydrogen-bond donors (Lipinski definition) is 2. The molecule has 1 saturated carbocycles. The van der Waals surface area contributed by atoms with Gasteiger partial charge in [0.2, 0.25) is 17.7 Å². The minimum atomic E-state index is -0.557. The SMILES string of the molecule is CC(=O)NC1(c2noc(CCC(=O)NCCCN3CCN(c4ccccc4)CC3)n2)CCCCCC1. The second kappa shape index (κ2) is 12.9. The summed E-state index contributed by atoms with van der Waals surface area (Å²) in [7, 11) is 0. The molecule has 2 fully saturated rings. The van der Waals surface area contributed by atoms with Gasteiger partial charge in [0.1, 0.15) is 5.54 Å². The van der Waals surface area contributed by atoms with E-state index in [0.29, 0.717) is 31.1 Å². The molecule has 2 aromatic rings. The van der Waals surface area contributed by atoms with Crippen LogP contribution in [0.15, 0.2) is 34.9 Å². The molecule has 1 aromatic carbocycles. The van der Waals surface area contributed by atoms with Crippen molar-refractivity contribution in [2.75, 3.05) is 44.2 Å². The van der Waals surface area contributed by atoms with Gasteiger partial charge in [0.05, 0.1) is 0 Å². The molecule has 1 saturated heterocycles. The first kappa shape index (κ1) is 26.1. The van der Waals surface area contributed by atoms with Gasteiger partial charge in [-0.3, -0.25) is 14.5 Å². The van der Waals surface area contributed by atoms with Crippen molar-refractivity contribution in [2.24, 2.45) is 0 Å². The fourth-order valence-electron chi connectivity index (χ4n) is 5.33. The number of nitrogens with zero attached hydrogens (tertiary/aromatic N) is 4. The summed E-state index contributed by atoms with van der Waals surface area (Å²) in [5, 5.41) is 10.3. The zero-order valence-electron chi connectivity index (χ0n) is 21.5. The van der Waals surface area contributed by atoms with Gasteiger partial charge in [-0.25, -0.2) is 0 Å². The Balaban J connectivity index is 1.14. The summed E-state index contributed by atoms with van der Waals surface area (Å²) in [6, 6.07) is 10.6. The number of para-hydroxylation sites is 1. The van der Waals surface area contributed by atoms with Crippen molar-refractivity contribution in [1.82, 2.24) is 25.7 Å². The highest BCUT2D eigenvalue weighted by molar-refractivity contribution is 5.76. The van der Waals surface area contributed by atoms with Crippen LogP contribution >= 0.6 is 0 Å². The number of amides is 2. The van der Waals surface area contributed by atoms with Crippen molar-refractivity contribution in [2.45, 2.75) is 70.3 Å². The third kappa shape index (κ3) is 7.29. The molecule has 2 amide bonds. The largest absolute Gasteiger partial charge is 0.369 e. The number of hydrogen-bond acceptors (Lipinski definition) is 7. The molecule has 1 aliphatic heterocycles. The number of nitrogens with one attached hydrogen (secondary N) is 2. The molecular weight excluding hydrogens is 456 g/mol. The fourth-order valence-corrected chi connectivity index (χ4v) is 5.33. The number of carbonyl (C=O) groups excluding carboxylic acids is 2. The van der Waals surface area contributed by atoms with E-state index in [0.717, 1.165) is 77.7 Å². The molecule has 1 aromatic heterocycles. The third-order valence-electron chi connectivity index (χ3n) is 7.30. The lowest BCUT2D eigenvalue weighted by atomic mass is 9.89. The molecule has 0 bridgehead atoms. The highest BCUT2D eigenvalue weighted by Gasteiger charge is 2.38. The van der Waals surface area contributed by atoms with E-state index in [1.54, 1.807) is 0 Å². The second-order valence-electron chi connectivity index (χ2n) is 10.1. The number of aryl methyl sites for hydroxylation is 1. The number of benzene rings is 1. The van der Waals surface area contributed by atoms with Gasteiger partial charge in [-0.2, -0.15) is 4.98 Å². The van der Waals surface area contributed by atoms with Crippen molar-refractivity contribution >= 4 is 17.5 Å². The van der Waals surface area contributed by atoms with Gasteiger partial charge in [0.15, 0.2) is 5.82 Å².